The summed E-state index contributed by atoms with van der Waals surface area (Å²) in [6, 6.07) is 5.94. The molecule has 9 heteroatoms. The number of nitrogens with one attached hydrogen (secondary N) is 1. The minimum atomic E-state index is -0.263. The van der Waals surface area contributed by atoms with Gasteiger partial charge < -0.3 is 14.4 Å². The van der Waals surface area contributed by atoms with Gasteiger partial charge >= 0.3 is 0 Å². The van der Waals surface area contributed by atoms with Gasteiger partial charge in [-0.05, 0) is 32.4 Å². The maximum atomic E-state index is 13.6. The van der Waals surface area contributed by atoms with Gasteiger partial charge in [0.1, 0.15) is 24.1 Å². The molecule has 1 aromatic carbocycles. The van der Waals surface area contributed by atoms with Crippen molar-refractivity contribution in [1.29, 1.82) is 0 Å². The Bertz CT molecular complexity index is 1390. The molecule has 1 amide bonds. The molecule has 0 aliphatic carbocycles. The summed E-state index contributed by atoms with van der Waals surface area (Å²) in [5, 5.41) is 7.86. The lowest BCUT2D eigenvalue weighted by Crippen LogP contribution is -2.35. The first-order valence-electron chi connectivity index (χ1n) is 11.2. The zero-order valence-electron chi connectivity index (χ0n) is 20.0. The Morgan fingerprint density at radius 3 is 2.70 bits per heavy atom. The summed E-state index contributed by atoms with van der Waals surface area (Å²) in [6.07, 6.45) is 2.32. The zero-order chi connectivity index (χ0) is 23.9. The highest BCUT2D eigenvalue weighted by atomic mass is 16.5. The Labute approximate surface area is 191 Å². The Kier molecular flexibility index (Phi) is 5.82. The second kappa shape index (κ2) is 8.46. The van der Waals surface area contributed by atoms with Crippen LogP contribution in [-0.2, 0) is 23.3 Å². The molecule has 0 saturated carbocycles. The minimum absolute atomic E-state index is 0.0308. The smallest absolute Gasteiger partial charge is 0.278 e. The molecule has 0 radical (unpaired) electrons. The van der Waals surface area contributed by atoms with E-state index in [0.29, 0.717) is 22.7 Å². The molecule has 0 unspecified atom stereocenters. The standard InChI is InChI=1S/C24H30N6O3/c1-7-15(3)26-18(31)11-30-17-9-8-14(2)10-16(17)20-21(30)22(32)29(13-25-20)12-19-27-23(28-33-19)24(4,5)6/h8-10,13,15H,7,11-12H2,1-6H3,(H,26,31)/t15-/m0/s1. The summed E-state index contributed by atoms with van der Waals surface area (Å²) in [7, 11) is 0. The fourth-order valence-electron chi connectivity index (χ4n) is 3.73. The van der Waals surface area contributed by atoms with Crippen LogP contribution in [0.1, 0.15) is 58.3 Å². The first-order valence-corrected chi connectivity index (χ1v) is 11.2. The van der Waals surface area contributed by atoms with Crippen molar-refractivity contribution in [1.82, 2.24) is 29.6 Å². The number of nitrogens with zero attached hydrogens (tertiary/aromatic N) is 5. The molecule has 0 aliphatic rings. The number of fused-ring (bicyclic) bond motifs is 3. The highest BCUT2D eigenvalue weighted by molar-refractivity contribution is 6.06. The molecular weight excluding hydrogens is 420 g/mol. The summed E-state index contributed by atoms with van der Waals surface area (Å²) in [6.45, 7) is 12.1. The van der Waals surface area contributed by atoms with E-state index in [1.165, 1.54) is 10.9 Å². The Balaban J connectivity index is 1.82. The van der Waals surface area contributed by atoms with Gasteiger partial charge in [0.2, 0.25) is 11.8 Å². The molecule has 0 fully saturated rings. The summed E-state index contributed by atoms with van der Waals surface area (Å²) >= 11 is 0. The molecule has 4 rings (SSSR count). The van der Waals surface area contributed by atoms with Gasteiger partial charge in [-0.3, -0.25) is 14.2 Å². The summed E-state index contributed by atoms with van der Waals surface area (Å²) < 4.78 is 8.56. The fourth-order valence-corrected chi connectivity index (χ4v) is 3.73. The van der Waals surface area contributed by atoms with Crippen LogP contribution in [0.15, 0.2) is 33.8 Å². The van der Waals surface area contributed by atoms with Crippen LogP contribution in [0.5, 0.6) is 0 Å². The first-order chi connectivity index (χ1) is 15.6. The van der Waals surface area contributed by atoms with Gasteiger partial charge in [0.15, 0.2) is 5.82 Å². The Morgan fingerprint density at radius 2 is 2.03 bits per heavy atom. The third kappa shape index (κ3) is 4.40. The number of hydrogen-bond acceptors (Lipinski definition) is 6. The van der Waals surface area contributed by atoms with Gasteiger partial charge in [0.05, 0.1) is 11.8 Å². The number of benzene rings is 1. The summed E-state index contributed by atoms with van der Waals surface area (Å²) in [4.78, 5) is 35.3. The lowest BCUT2D eigenvalue weighted by molar-refractivity contribution is -0.122. The molecule has 4 aromatic rings. The molecule has 0 spiro atoms. The Morgan fingerprint density at radius 1 is 1.27 bits per heavy atom. The monoisotopic (exact) mass is 450 g/mol. The van der Waals surface area contributed by atoms with Gasteiger partial charge in [-0.15, -0.1) is 0 Å². The average molecular weight is 451 g/mol. The van der Waals surface area contributed by atoms with Crippen LogP contribution in [0.3, 0.4) is 0 Å². The van der Waals surface area contributed by atoms with Crippen molar-refractivity contribution in [2.45, 2.75) is 72.5 Å². The van der Waals surface area contributed by atoms with Gasteiger partial charge in [-0.1, -0.05) is 44.5 Å². The number of amides is 1. The van der Waals surface area contributed by atoms with E-state index in [4.69, 9.17) is 4.52 Å². The summed E-state index contributed by atoms with van der Waals surface area (Å²) in [5.74, 6) is 0.757. The summed E-state index contributed by atoms with van der Waals surface area (Å²) in [5.41, 5.74) is 2.28. The van der Waals surface area contributed by atoms with E-state index in [0.717, 1.165) is 22.9 Å². The topological polar surface area (TPSA) is 108 Å². The fraction of sp³-hybridized carbons (Fsp3) is 0.458. The van der Waals surface area contributed by atoms with Crippen molar-refractivity contribution in [3.8, 4) is 0 Å². The molecular formula is C24H30N6O3. The average Bonchev–Trinajstić information content (AvgIpc) is 3.33. The number of rotatable bonds is 6. The lowest BCUT2D eigenvalue weighted by Gasteiger charge is -2.13. The Hall–Kier alpha value is -3.49. The van der Waals surface area contributed by atoms with Crippen molar-refractivity contribution in [3.63, 3.8) is 0 Å². The van der Waals surface area contributed by atoms with Crippen LogP contribution in [-0.4, -0.2) is 36.2 Å². The molecule has 3 aromatic heterocycles. The van der Waals surface area contributed by atoms with Crippen LogP contribution in [0, 0.1) is 6.92 Å². The van der Waals surface area contributed by atoms with Gasteiger partial charge in [0, 0.05) is 16.8 Å². The van der Waals surface area contributed by atoms with Crippen molar-refractivity contribution in [3.05, 3.63) is 52.2 Å². The molecule has 33 heavy (non-hydrogen) atoms. The van der Waals surface area contributed by atoms with Crippen LogP contribution >= 0.6 is 0 Å². The number of aryl methyl sites for hydroxylation is 1. The molecule has 174 valence electrons. The number of carbonyl (C=O) groups is 1. The van der Waals surface area contributed by atoms with Crippen molar-refractivity contribution in [2.24, 2.45) is 0 Å². The molecule has 0 aliphatic heterocycles. The van der Waals surface area contributed by atoms with Gasteiger partial charge in [0.25, 0.3) is 5.56 Å². The zero-order valence-corrected chi connectivity index (χ0v) is 20.0. The molecule has 0 bridgehead atoms. The first kappa shape index (κ1) is 22.7. The van der Waals surface area contributed by atoms with E-state index in [-0.39, 0.29) is 36.0 Å². The van der Waals surface area contributed by atoms with Crippen LogP contribution in [0.2, 0.25) is 0 Å². The highest BCUT2D eigenvalue weighted by Gasteiger charge is 2.23. The third-order valence-corrected chi connectivity index (χ3v) is 5.75. The van der Waals surface area contributed by atoms with Gasteiger partial charge in [-0.25, -0.2) is 4.98 Å². The predicted octanol–water partition coefficient (Wildman–Crippen LogP) is 3.30. The predicted molar refractivity (Wildman–Crippen MR) is 126 cm³/mol. The number of aromatic nitrogens is 5. The molecule has 0 saturated heterocycles. The highest BCUT2D eigenvalue weighted by Crippen LogP contribution is 2.26. The van der Waals surface area contributed by atoms with Crippen molar-refractivity contribution < 1.29 is 9.32 Å². The number of carbonyl (C=O) groups excluding carboxylic acids is 1. The minimum Gasteiger partial charge on any atom is -0.352 e. The van der Waals surface area contributed by atoms with E-state index < -0.39 is 0 Å². The molecule has 1 atom stereocenters. The van der Waals surface area contributed by atoms with E-state index in [1.807, 2.05) is 59.7 Å². The van der Waals surface area contributed by atoms with E-state index in [2.05, 4.69) is 20.4 Å². The quantitative estimate of drug-likeness (QED) is 0.483. The maximum absolute atomic E-state index is 13.6. The lowest BCUT2D eigenvalue weighted by atomic mass is 9.96. The van der Waals surface area contributed by atoms with Crippen molar-refractivity contribution in [2.75, 3.05) is 0 Å². The normalized spacial score (nSPS) is 13.0. The second-order valence-electron chi connectivity index (χ2n) is 9.62. The van der Waals surface area contributed by atoms with Crippen LogP contribution in [0.4, 0.5) is 0 Å². The van der Waals surface area contributed by atoms with Crippen LogP contribution < -0.4 is 10.9 Å². The van der Waals surface area contributed by atoms with E-state index in [9.17, 15) is 9.59 Å². The SMILES string of the molecule is CC[C@H](C)NC(=O)Cn1c2ccc(C)cc2c2ncn(Cc3nc(C(C)(C)C)no3)c(=O)c21. The van der Waals surface area contributed by atoms with Gasteiger partial charge in [-0.2, -0.15) is 4.98 Å². The van der Waals surface area contributed by atoms with E-state index >= 15 is 0 Å². The molecule has 1 N–H and O–H groups in total. The van der Waals surface area contributed by atoms with Crippen molar-refractivity contribution >= 4 is 27.8 Å². The third-order valence-electron chi connectivity index (χ3n) is 5.75. The molecule has 3 heterocycles. The molecule has 9 nitrogen and oxygen atoms in total. The second-order valence-corrected chi connectivity index (χ2v) is 9.62. The van der Waals surface area contributed by atoms with Crippen LogP contribution in [0.25, 0.3) is 21.9 Å². The van der Waals surface area contributed by atoms with E-state index in [1.54, 1.807) is 4.57 Å². The number of hydrogen-bond donors (Lipinski definition) is 1. The maximum Gasteiger partial charge on any atom is 0.278 e. The largest absolute Gasteiger partial charge is 0.352 e.